The third-order valence-electron chi connectivity index (χ3n) is 4.52. The van der Waals surface area contributed by atoms with Gasteiger partial charge in [0, 0.05) is 18.7 Å². The fourth-order valence-corrected chi connectivity index (χ4v) is 4.17. The second-order valence-corrected chi connectivity index (χ2v) is 9.00. The van der Waals surface area contributed by atoms with Gasteiger partial charge < -0.3 is 9.64 Å². The van der Waals surface area contributed by atoms with Crippen molar-refractivity contribution in [2.24, 2.45) is 0 Å². The maximum Gasteiger partial charge on any atom is 0.254 e. The molecule has 0 aliphatic heterocycles. The molecule has 1 saturated carbocycles. The molecule has 0 radical (unpaired) electrons. The highest BCUT2D eigenvalue weighted by Gasteiger charge is 2.28. The summed E-state index contributed by atoms with van der Waals surface area (Å²) in [6.07, 6.45) is 1.70. The molecule has 8 heteroatoms. The van der Waals surface area contributed by atoms with Gasteiger partial charge in [0.25, 0.3) is 5.91 Å². The molecule has 0 aromatic heterocycles. The number of halogens is 1. The largest absolute Gasteiger partial charge is 0.490 e. The van der Waals surface area contributed by atoms with Crippen LogP contribution in [-0.4, -0.2) is 45.5 Å². The summed E-state index contributed by atoms with van der Waals surface area (Å²) in [6, 6.07) is 11.8. The highest BCUT2D eigenvalue weighted by molar-refractivity contribution is 7.89. The number of nitrogens with one attached hydrogen (secondary N) is 1. The number of amides is 1. The van der Waals surface area contributed by atoms with E-state index in [0.717, 1.165) is 12.8 Å². The van der Waals surface area contributed by atoms with Crippen molar-refractivity contribution in [1.82, 2.24) is 9.62 Å². The number of ether oxygens (including phenoxy) is 1. The first kappa shape index (κ1) is 20.6. The number of benzene rings is 2. The Morgan fingerprint density at radius 2 is 1.96 bits per heavy atom. The number of carbonyl (C=O) groups excluding carboxylic acids is 1. The van der Waals surface area contributed by atoms with Crippen LogP contribution in [-0.2, 0) is 10.0 Å². The molecule has 150 valence electrons. The standard InChI is InChI=1S/C20H23ClN2O4S/c1-14-7-10-16(28(25,26)22-15-8-9-15)13-17(14)20(24)23(2)11-12-27-19-6-4-3-5-18(19)21/h3-7,10,13,15,22H,8-9,11-12H2,1-2H3. The maximum absolute atomic E-state index is 12.8. The lowest BCUT2D eigenvalue weighted by Gasteiger charge is -2.19. The van der Waals surface area contributed by atoms with Gasteiger partial charge in [0.2, 0.25) is 10.0 Å². The average molecular weight is 423 g/mol. The zero-order valence-corrected chi connectivity index (χ0v) is 17.4. The number of carbonyl (C=O) groups is 1. The molecule has 1 amide bonds. The minimum atomic E-state index is -3.61. The Morgan fingerprint density at radius 1 is 1.25 bits per heavy atom. The molecule has 0 spiro atoms. The van der Waals surface area contributed by atoms with Gasteiger partial charge in [-0.05, 0) is 49.6 Å². The lowest BCUT2D eigenvalue weighted by Crippen LogP contribution is -2.32. The van der Waals surface area contributed by atoms with Crippen LogP contribution >= 0.6 is 11.6 Å². The number of hydrogen-bond donors (Lipinski definition) is 1. The van der Waals surface area contributed by atoms with Crippen LogP contribution < -0.4 is 9.46 Å². The summed E-state index contributed by atoms with van der Waals surface area (Å²) in [5.41, 5.74) is 1.08. The molecule has 0 atom stereocenters. The van der Waals surface area contributed by atoms with Crippen molar-refractivity contribution in [2.75, 3.05) is 20.2 Å². The SMILES string of the molecule is Cc1ccc(S(=O)(=O)NC2CC2)cc1C(=O)N(C)CCOc1ccccc1Cl. The third-order valence-corrected chi connectivity index (χ3v) is 6.35. The van der Waals surface area contributed by atoms with Crippen molar-refractivity contribution < 1.29 is 17.9 Å². The molecule has 1 N–H and O–H groups in total. The minimum absolute atomic E-state index is 0.00934. The molecule has 6 nitrogen and oxygen atoms in total. The summed E-state index contributed by atoms with van der Waals surface area (Å²) in [5, 5.41) is 0.508. The van der Waals surface area contributed by atoms with Gasteiger partial charge >= 0.3 is 0 Å². The van der Waals surface area contributed by atoms with E-state index in [2.05, 4.69) is 4.72 Å². The molecule has 0 bridgehead atoms. The van der Waals surface area contributed by atoms with Gasteiger partial charge in [-0.1, -0.05) is 29.8 Å². The van der Waals surface area contributed by atoms with E-state index in [9.17, 15) is 13.2 Å². The summed E-state index contributed by atoms with van der Waals surface area (Å²) in [4.78, 5) is 14.4. The Kier molecular flexibility index (Phi) is 6.27. The second-order valence-electron chi connectivity index (χ2n) is 6.88. The van der Waals surface area contributed by atoms with Crippen molar-refractivity contribution in [3.8, 4) is 5.75 Å². The van der Waals surface area contributed by atoms with E-state index < -0.39 is 10.0 Å². The van der Waals surface area contributed by atoms with Crippen molar-refractivity contribution >= 4 is 27.5 Å². The Hall–Kier alpha value is -2.09. The minimum Gasteiger partial charge on any atom is -0.490 e. The quantitative estimate of drug-likeness (QED) is 0.708. The fraction of sp³-hybridized carbons (Fsp3) is 0.350. The number of likely N-dealkylation sites (N-methyl/N-ethyl adjacent to an activating group) is 1. The summed E-state index contributed by atoms with van der Waals surface area (Å²) >= 11 is 6.05. The van der Waals surface area contributed by atoms with Gasteiger partial charge in [0.15, 0.2) is 0 Å². The first-order valence-electron chi connectivity index (χ1n) is 9.04. The molecule has 1 aliphatic carbocycles. The van der Waals surface area contributed by atoms with Crippen molar-refractivity contribution in [3.05, 3.63) is 58.6 Å². The van der Waals surface area contributed by atoms with E-state index in [1.165, 1.54) is 17.0 Å². The fourth-order valence-electron chi connectivity index (χ4n) is 2.65. The van der Waals surface area contributed by atoms with E-state index >= 15 is 0 Å². The van der Waals surface area contributed by atoms with Crippen LogP contribution in [0.3, 0.4) is 0 Å². The molecule has 2 aromatic carbocycles. The summed E-state index contributed by atoms with van der Waals surface area (Å²) < 4.78 is 33.1. The molecule has 0 heterocycles. The molecule has 1 fully saturated rings. The molecule has 0 unspecified atom stereocenters. The number of sulfonamides is 1. The normalized spacial score (nSPS) is 14.0. The maximum atomic E-state index is 12.8. The van der Waals surface area contributed by atoms with E-state index in [4.69, 9.17) is 16.3 Å². The Labute approximate surface area is 170 Å². The lowest BCUT2D eigenvalue weighted by atomic mass is 10.1. The topological polar surface area (TPSA) is 75.7 Å². The first-order valence-corrected chi connectivity index (χ1v) is 10.9. The van der Waals surface area contributed by atoms with E-state index in [0.29, 0.717) is 28.4 Å². The molecule has 2 aromatic rings. The van der Waals surface area contributed by atoms with Crippen molar-refractivity contribution in [1.29, 1.82) is 0 Å². The Bertz CT molecular complexity index is 974. The molecule has 3 rings (SSSR count). The molecule has 1 aliphatic rings. The monoisotopic (exact) mass is 422 g/mol. The number of nitrogens with zero attached hydrogens (tertiary/aromatic N) is 1. The van der Waals surface area contributed by atoms with Crippen LogP contribution in [0.5, 0.6) is 5.75 Å². The zero-order valence-electron chi connectivity index (χ0n) is 15.8. The zero-order chi connectivity index (χ0) is 20.3. The van der Waals surface area contributed by atoms with Gasteiger partial charge in [-0.2, -0.15) is 0 Å². The van der Waals surface area contributed by atoms with Crippen molar-refractivity contribution in [2.45, 2.75) is 30.7 Å². The van der Waals surface area contributed by atoms with E-state index in [1.807, 2.05) is 12.1 Å². The number of para-hydroxylation sites is 1. The number of aryl methyl sites for hydroxylation is 1. The van der Waals surface area contributed by atoms with Crippen LogP contribution in [0, 0.1) is 6.92 Å². The summed E-state index contributed by atoms with van der Waals surface area (Å²) in [6.45, 7) is 2.39. The third kappa shape index (κ3) is 5.04. The van der Waals surface area contributed by atoms with Gasteiger partial charge in [-0.3, -0.25) is 4.79 Å². The van der Waals surface area contributed by atoms with Crippen LogP contribution in [0.15, 0.2) is 47.4 Å². The number of rotatable bonds is 8. The smallest absolute Gasteiger partial charge is 0.254 e. The average Bonchev–Trinajstić information content (AvgIpc) is 3.46. The molecular weight excluding hydrogens is 400 g/mol. The van der Waals surface area contributed by atoms with Crippen molar-refractivity contribution in [3.63, 3.8) is 0 Å². The molecule has 28 heavy (non-hydrogen) atoms. The summed E-state index contributed by atoms with van der Waals surface area (Å²) in [7, 11) is -1.96. The van der Waals surface area contributed by atoms with Crippen LogP contribution in [0.1, 0.15) is 28.8 Å². The molecular formula is C20H23ClN2O4S. The summed E-state index contributed by atoms with van der Waals surface area (Å²) in [5.74, 6) is 0.296. The predicted molar refractivity (Wildman–Crippen MR) is 108 cm³/mol. The predicted octanol–water partition coefficient (Wildman–Crippen LogP) is 3.24. The lowest BCUT2D eigenvalue weighted by molar-refractivity contribution is 0.0773. The van der Waals surface area contributed by atoms with Crippen LogP contribution in [0.4, 0.5) is 0 Å². The van der Waals surface area contributed by atoms with Gasteiger partial charge in [-0.25, -0.2) is 13.1 Å². The highest BCUT2D eigenvalue weighted by Crippen LogP contribution is 2.24. The van der Waals surface area contributed by atoms with Gasteiger partial charge in [0.1, 0.15) is 12.4 Å². The Balaban J connectivity index is 1.67. The van der Waals surface area contributed by atoms with E-state index in [-0.39, 0.29) is 23.5 Å². The second kappa shape index (κ2) is 8.51. The highest BCUT2D eigenvalue weighted by atomic mass is 35.5. The number of hydrogen-bond acceptors (Lipinski definition) is 4. The van der Waals surface area contributed by atoms with E-state index in [1.54, 1.807) is 32.2 Å². The van der Waals surface area contributed by atoms with Crippen LogP contribution in [0.25, 0.3) is 0 Å². The first-order chi connectivity index (χ1) is 13.3. The Morgan fingerprint density at radius 3 is 2.64 bits per heavy atom. The van der Waals surface area contributed by atoms with Gasteiger partial charge in [-0.15, -0.1) is 0 Å². The van der Waals surface area contributed by atoms with Crippen LogP contribution in [0.2, 0.25) is 5.02 Å². The van der Waals surface area contributed by atoms with Gasteiger partial charge in [0.05, 0.1) is 16.5 Å². The molecule has 0 saturated heterocycles.